The summed E-state index contributed by atoms with van der Waals surface area (Å²) in [6.07, 6.45) is -0.429. The zero-order chi connectivity index (χ0) is 13.5. The van der Waals surface area contributed by atoms with Crippen molar-refractivity contribution in [3.05, 3.63) is 46.7 Å². The molecule has 0 radical (unpaired) electrons. The van der Waals surface area contributed by atoms with Crippen LogP contribution in [0.25, 0.3) is 0 Å². The van der Waals surface area contributed by atoms with Crippen LogP contribution in [-0.2, 0) is 11.3 Å². The van der Waals surface area contributed by atoms with Gasteiger partial charge in [-0.3, -0.25) is 5.32 Å². The molecule has 4 nitrogen and oxygen atoms in total. The van der Waals surface area contributed by atoms with Crippen LogP contribution < -0.4 is 10.6 Å². The summed E-state index contributed by atoms with van der Waals surface area (Å²) in [4.78, 5) is 12.5. The van der Waals surface area contributed by atoms with Crippen molar-refractivity contribution >= 4 is 28.8 Å². The Bertz CT molecular complexity index is 509. The van der Waals surface area contributed by atoms with Crippen LogP contribution in [0.5, 0.6) is 0 Å². The largest absolute Gasteiger partial charge is 0.450 e. The van der Waals surface area contributed by atoms with E-state index < -0.39 is 6.09 Å². The first-order chi connectivity index (χ1) is 9.28. The molecule has 5 heteroatoms. The minimum atomic E-state index is -0.429. The van der Waals surface area contributed by atoms with Crippen LogP contribution in [0.15, 0.2) is 41.8 Å². The third kappa shape index (κ3) is 4.30. The van der Waals surface area contributed by atoms with E-state index in [-0.39, 0.29) is 0 Å². The highest BCUT2D eigenvalue weighted by Crippen LogP contribution is 2.16. The highest BCUT2D eigenvalue weighted by atomic mass is 32.1. The van der Waals surface area contributed by atoms with Gasteiger partial charge in [0.1, 0.15) is 0 Å². The van der Waals surface area contributed by atoms with Crippen molar-refractivity contribution in [2.45, 2.75) is 13.5 Å². The molecule has 0 fully saturated rings. The van der Waals surface area contributed by atoms with Crippen LogP contribution in [0, 0.1) is 0 Å². The number of carbonyl (C=O) groups excluding carboxylic acids is 1. The molecule has 0 bridgehead atoms. The van der Waals surface area contributed by atoms with Gasteiger partial charge in [-0.25, -0.2) is 4.79 Å². The van der Waals surface area contributed by atoms with Crippen LogP contribution in [0.3, 0.4) is 0 Å². The lowest BCUT2D eigenvalue weighted by Crippen LogP contribution is -2.13. The molecular weight excluding hydrogens is 260 g/mol. The number of carbonyl (C=O) groups is 1. The van der Waals surface area contributed by atoms with Gasteiger partial charge in [0.15, 0.2) is 0 Å². The van der Waals surface area contributed by atoms with E-state index in [1.807, 2.05) is 30.3 Å². The number of anilines is 2. The fourth-order valence-corrected chi connectivity index (χ4v) is 2.20. The summed E-state index contributed by atoms with van der Waals surface area (Å²) in [5.41, 5.74) is 1.74. The lowest BCUT2D eigenvalue weighted by Gasteiger charge is -2.07. The van der Waals surface area contributed by atoms with Gasteiger partial charge < -0.3 is 10.1 Å². The summed E-state index contributed by atoms with van der Waals surface area (Å²) in [6, 6.07) is 11.7. The van der Waals surface area contributed by atoms with Gasteiger partial charge in [-0.05, 0) is 42.6 Å². The molecule has 2 rings (SSSR count). The van der Waals surface area contributed by atoms with Crippen molar-refractivity contribution in [1.82, 2.24) is 0 Å². The molecule has 1 amide bonds. The number of nitrogens with one attached hydrogen (secondary N) is 2. The Labute approximate surface area is 116 Å². The number of thiophene rings is 1. The van der Waals surface area contributed by atoms with E-state index in [4.69, 9.17) is 4.74 Å². The van der Waals surface area contributed by atoms with E-state index in [0.29, 0.717) is 6.61 Å². The molecule has 0 aliphatic carbocycles. The summed E-state index contributed by atoms with van der Waals surface area (Å²) in [7, 11) is 0. The van der Waals surface area contributed by atoms with E-state index in [1.54, 1.807) is 18.3 Å². The third-order valence-corrected chi connectivity index (χ3v) is 3.33. The number of hydrogen-bond acceptors (Lipinski definition) is 4. The van der Waals surface area contributed by atoms with Crippen molar-refractivity contribution < 1.29 is 9.53 Å². The van der Waals surface area contributed by atoms with Crippen LogP contribution in [0.4, 0.5) is 16.2 Å². The van der Waals surface area contributed by atoms with E-state index >= 15 is 0 Å². The van der Waals surface area contributed by atoms with Gasteiger partial charge in [-0.2, -0.15) is 0 Å². The Balaban J connectivity index is 1.85. The van der Waals surface area contributed by atoms with E-state index in [9.17, 15) is 4.79 Å². The van der Waals surface area contributed by atoms with E-state index in [2.05, 4.69) is 22.1 Å². The molecule has 1 aromatic heterocycles. The van der Waals surface area contributed by atoms with Crippen molar-refractivity contribution in [2.75, 3.05) is 17.2 Å². The molecule has 0 atom stereocenters. The maximum Gasteiger partial charge on any atom is 0.411 e. The monoisotopic (exact) mass is 276 g/mol. The first-order valence-electron chi connectivity index (χ1n) is 6.08. The SMILES string of the molecule is CCOC(=O)Nc1ccc(NCc2cccs2)cc1. The average molecular weight is 276 g/mol. The summed E-state index contributed by atoms with van der Waals surface area (Å²) >= 11 is 1.72. The Hall–Kier alpha value is -2.01. The minimum absolute atomic E-state index is 0.367. The fraction of sp³-hybridized carbons (Fsp3) is 0.214. The van der Waals surface area contributed by atoms with Crippen molar-refractivity contribution in [1.29, 1.82) is 0 Å². The first kappa shape index (κ1) is 13.4. The number of ether oxygens (including phenoxy) is 1. The molecule has 2 aromatic rings. The Morgan fingerprint density at radius 1 is 1.21 bits per heavy atom. The molecule has 100 valence electrons. The van der Waals surface area contributed by atoms with Crippen LogP contribution in [0.1, 0.15) is 11.8 Å². The predicted molar refractivity (Wildman–Crippen MR) is 78.7 cm³/mol. The molecule has 0 aliphatic rings. The topological polar surface area (TPSA) is 50.4 Å². The molecule has 0 unspecified atom stereocenters. The Morgan fingerprint density at radius 2 is 1.95 bits per heavy atom. The smallest absolute Gasteiger partial charge is 0.411 e. The van der Waals surface area contributed by atoms with Gasteiger partial charge in [0.25, 0.3) is 0 Å². The van der Waals surface area contributed by atoms with Crippen molar-refractivity contribution in [2.24, 2.45) is 0 Å². The lowest BCUT2D eigenvalue weighted by atomic mass is 10.3. The third-order valence-electron chi connectivity index (χ3n) is 2.45. The molecule has 1 heterocycles. The van der Waals surface area contributed by atoms with Gasteiger partial charge in [0, 0.05) is 22.8 Å². The maximum atomic E-state index is 11.2. The zero-order valence-electron chi connectivity index (χ0n) is 10.7. The van der Waals surface area contributed by atoms with Gasteiger partial charge >= 0.3 is 6.09 Å². The normalized spacial score (nSPS) is 9.95. The van der Waals surface area contributed by atoms with Crippen LogP contribution in [0.2, 0.25) is 0 Å². The average Bonchev–Trinajstić information content (AvgIpc) is 2.91. The molecule has 0 spiro atoms. The first-order valence-corrected chi connectivity index (χ1v) is 6.96. The molecule has 0 aliphatic heterocycles. The fourth-order valence-electron chi connectivity index (χ4n) is 1.56. The second-order valence-corrected chi connectivity index (χ2v) is 4.89. The molecule has 1 aromatic carbocycles. The Morgan fingerprint density at radius 3 is 2.58 bits per heavy atom. The van der Waals surface area contributed by atoms with Gasteiger partial charge in [0.2, 0.25) is 0 Å². The highest BCUT2D eigenvalue weighted by molar-refractivity contribution is 7.09. The van der Waals surface area contributed by atoms with Crippen molar-refractivity contribution in [3.63, 3.8) is 0 Å². The van der Waals surface area contributed by atoms with Gasteiger partial charge in [-0.1, -0.05) is 6.07 Å². The van der Waals surface area contributed by atoms with Crippen LogP contribution in [-0.4, -0.2) is 12.7 Å². The standard InChI is InChI=1S/C14H16N2O2S/c1-2-18-14(17)16-12-7-5-11(6-8-12)15-10-13-4-3-9-19-13/h3-9,15H,2,10H2,1H3,(H,16,17). The number of benzene rings is 1. The van der Waals surface area contributed by atoms with Gasteiger partial charge in [-0.15, -0.1) is 11.3 Å². The summed E-state index contributed by atoms with van der Waals surface area (Å²) in [5.74, 6) is 0. The lowest BCUT2D eigenvalue weighted by molar-refractivity contribution is 0.168. The number of amides is 1. The Kier molecular flexibility index (Phi) is 4.80. The molecule has 2 N–H and O–H groups in total. The highest BCUT2D eigenvalue weighted by Gasteiger charge is 2.01. The van der Waals surface area contributed by atoms with E-state index in [1.165, 1.54) is 4.88 Å². The van der Waals surface area contributed by atoms with Crippen LogP contribution >= 0.6 is 11.3 Å². The molecular formula is C14H16N2O2S. The van der Waals surface area contributed by atoms with E-state index in [0.717, 1.165) is 17.9 Å². The quantitative estimate of drug-likeness (QED) is 0.870. The molecule has 19 heavy (non-hydrogen) atoms. The predicted octanol–water partition coefficient (Wildman–Crippen LogP) is 3.93. The second kappa shape index (κ2) is 6.80. The zero-order valence-corrected chi connectivity index (χ0v) is 11.5. The van der Waals surface area contributed by atoms with Crippen molar-refractivity contribution in [3.8, 4) is 0 Å². The minimum Gasteiger partial charge on any atom is -0.450 e. The second-order valence-electron chi connectivity index (χ2n) is 3.86. The summed E-state index contributed by atoms with van der Waals surface area (Å²) in [6.45, 7) is 2.95. The molecule has 0 saturated heterocycles. The summed E-state index contributed by atoms with van der Waals surface area (Å²) in [5, 5.41) is 8.03. The van der Waals surface area contributed by atoms with Gasteiger partial charge in [0.05, 0.1) is 6.61 Å². The summed E-state index contributed by atoms with van der Waals surface area (Å²) < 4.78 is 4.81. The number of hydrogen-bond donors (Lipinski definition) is 2. The number of rotatable bonds is 5. The molecule has 0 saturated carbocycles. The maximum absolute atomic E-state index is 11.2.